The maximum absolute atomic E-state index is 12.4. The molecule has 116 valence electrons. The van der Waals surface area contributed by atoms with Gasteiger partial charge < -0.3 is 9.46 Å². The lowest BCUT2D eigenvalue weighted by atomic mass is 10.2. The molecule has 0 amide bonds. The van der Waals surface area contributed by atoms with E-state index >= 15 is 0 Å². The highest BCUT2D eigenvalue weighted by Crippen LogP contribution is 2.35. The first-order valence-electron chi connectivity index (χ1n) is 6.20. The average Bonchev–Trinajstić information content (AvgIpc) is 2.46. The van der Waals surface area contributed by atoms with Crippen molar-refractivity contribution in [2.45, 2.75) is 11.8 Å². The highest BCUT2D eigenvalue weighted by molar-refractivity contribution is 7.94. The second kappa shape index (κ2) is 6.02. The van der Waals surface area contributed by atoms with E-state index in [0.717, 1.165) is 11.6 Å². The molecule has 22 heavy (non-hydrogen) atoms. The summed E-state index contributed by atoms with van der Waals surface area (Å²) in [6.45, 7) is 1.81. The first-order chi connectivity index (χ1) is 10.3. The Morgan fingerprint density at radius 1 is 1.18 bits per heavy atom. The van der Waals surface area contributed by atoms with Gasteiger partial charge in [0.05, 0.1) is 12.0 Å². The van der Waals surface area contributed by atoms with Crippen molar-refractivity contribution in [1.82, 2.24) is 0 Å². The van der Waals surface area contributed by atoms with Crippen LogP contribution >= 0.6 is 0 Å². The zero-order valence-corrected chi connectivity index (χ0v) is 12.7. The van der Waals surface area contributed by atoms with Gasteiger partial charge in [-0.2, -0.15) is 0 Å². The molecule has 0 aliphatic carbocycles. The molecule has 0 radical (unpaired) electrons. The quantitative estimate of drug-likeness (QED) is 0.621. The van der Waals surface area contributed by atoms with Crippen LogP contribution in [0.15, 0.2) is 47.4 Å². The molecule has 0 aliphatic rings. The molecule has 2 rings (SSSR count). The molecular weight excluding hydrogens is 308 g/mol. The number of ether oxygens (including phenoxy) is 1. The summed E-state index contributed by atoms with van der Waals surface area (Å²) in [5.74, 6) is 0.00185. The second-order valence-corrected chi connectivity index (χ2v) is 6.07. The topological polar surface area (TPSA) is 101 Å². The fourth-order valence-electron chi connectivity index (χ4n) is 1.85. The van der Waals surface area contributed by atoms with Crippen molar-refractivity contribution in [2.24, 2.45) is 0 Å². The van der Waals surface area contributed by atoms with Gasteiger partial charge in [0.25, 0.3) is 5.69 Å². The van der Waals surface area contributed by atoms with E-state index in [2.05, 4.69) is 4.72 Å². The number of nitrogens with zero attached hydrogens (tertiary/aromatic N) is 2. The third-order valence-electron chi connectivity index (χ3n) is 2.86. The van der Waals surface area contributed by atoms with Crippen LogP contribution in [0.25, 0.3) is 4.72 Å². The van der Waals surface area contributed by atoms with Crippen molar-refractivity contribution in [1.29, 1.82) is 0 Å². The zero-order chi connectivity index (χ0) is 16.3. The Balaban J connectivity index is 2.48. The maximum atomic E-state index is 12.4. The van der Waals surface area contributed by atoms with Gasteiger partial charge in [-0.3, -0.25) is 10.1 Å². The Bertz CT molecular complexity index is 818. The molecule has 8 heteroatoms. The maximum Gasteiger partial charge on any atom is 0.270 e. The molecule has 0 bridgehead atoms. The van der Waals surface area contributed by atoms with Crippen molar-refractivity contribution < 1.29 is 18.1 Å². The Kier molecular flexibility index (Phi) is 4.32. The summed E-state index contributed by atoms with van der Waals surface area (Å²) < 4.78 is 33.5. The van der Waals surface area contributed by atoms with Gasteiger partial charge in [-0.25, -0.2) is 8.42 Å². The number of rotatable bonds is 5. The molecule has 2 aromatic rings. The number of sulfonamides is 1. The van der Waals surface area contributed by atoms with Crippen molar-refractivity contribution in [3.63, 3.8) is 0 Å². The SMILES string of the molecule is COc1ccc([N+](=O)[O-])cc1S(=O)(=O)[N-]c1cccc(C)c1. The van der Waals surface area contributed by atoms with Gasteiger partial charge >= 0.3 is 0 Å². The largest absolute Gasteiger partial charge is 0.573 e. The smallest absolute Gasteiger partial charge is 0.270 e. The van der Waals surface area contributed by atoms with Gasteiger partial charge in [-0.1, -0.05) is 29.8 Å². The first kappa shape index (κ1) is 15.8. The predicted molar refractivity (Wildman–Crippen MR) is 81.0 cm³/mol. The average molecular weight is 321 g/mol. The lowest BCUT2D eigenvalue weighted by Crippen LogP contribution is -2.02. The lowest BCUT2D eigenvalue weighted by molar-refractivity contribution is -0.385. The fraction of sp³-hybridized carbons (Fsp3) is 0.143. The number of aryl methyl sites for hydroxylation is 1. The van der Waals surface area contributed by atoms with E-state index in [-0.39, 0.29) is 22.0 Å². The molecule has 0 saturated carbocycles. The Labute approximate surface area is 127 Å². The van der Waals surface area contributed by atoms with E-state index in [4.69, 9.17) is 4.74 Å². The van der Waals surface area contributed by atoms with Crippen molar-refractivity contribution in [3.05, 3.63) is 62.9 Å². The first-order valence-corrected chi connectivity index (χ1v) is 7.64. The van der Waals surface area contributed by atoms with Crippen LogP contribution in [-0.2, 0) is 10.0 Å². The summed E-state index contributed by atoms with van der Waals surface area (Å²) >= 11 is 0. The molecule has 0 aliphatic heterocycles. The summed E-state index contributed by atoms with van der Waals surface area (Å²) in [6, 6.07) is 9.96. The molecule has 0 N–H and O–H groups in total. The Morgan fingerprint density at radius 3 is 2.50 bits per heavy atom. The van der Waals surface area contributed by atoms with Crippen LogP contribution in [0, 0.1) is 17.0 Å². The number of hydrogen-bond donors (Lipinski definition) is 0. The third kappa shape index (κ3) is 3.34. The number of hydrogen-bond acceptors (Lipinski definition) is 5. The molecule has 0 spiro atoms. The van der Waals surface area contributed by atoms with Gasteiger partial charge in [0, 0.05) is 12.1 Å². The molecule has 7 nitrogen and oxygen atoms in total. The molecule has 0 saturated heterocycles. The van der Waals surface area contributed by atoms with Crippen LogP contribution in [-0.4, -0.2) is 20.5 Å². The highest BCUT2D eigenvalue weighted by atomic mass is 32.2. The summed E-state index contributed by atoms with van der Waals surface area (Å²) in [5, 5.41) is 10.8. The van der Waals surface area contributed by atoms with Crippen LogP contribution in [0.2, 0.25) is 0 Å². The molecule has 2 aromatic carbocycles. The third-order valence-corrected chi connectivity index (χ3v) is 4.19. The molecule has 0 fully saturated rings. The Morgan fingerprint density at radius 2 is 1.91 bits per heavy atom. The van der Waals surface area contributed by atoms with Crippen LogP contribution in [0.4, 0.5) is 11.4 Å². The van der Waals surface area contributed by atoms with E-state index < -0.39 is 14.9 Å². The summed E-state index contributed by atoms with van der Waals surface area (Å²) in [5.41, 5.74) is 0.745. The number of methoxy groups -OCH3 is 1. The van der Waals surface area contributed by atoms with Crippen LogP contribution < -0.4 is 4.74 Å². The van der Waals surface area contributed by atoms with Crippen LogP contribution in [0.3, 0.4) is 0 Å². The standard InChI is InChI=1S/C14H13N2O5S/c1-10-4-3-5-11(8-10)15-22(19,20)14-9-12(16(17)18)6-7-13(14)21-2/h3-9H,1-2H3/q-1. The number of nitro benzene ring substituents is 1. The number of benzene rings is 2. The monoisotopic (exact) mass is 321 g/mol. The predicted octanol–water partition coefficient (Wildman–Crippen LogP) is 3.31. The number of nitro groups is 1. The van der Waals surface area contributed by atoms with Crippen molar-refractivity contribution >= 4 is 21.4 Å². The van der Waals surface area contributed by atoms with E-state index in [1.807, 2.05) is 0 Å². The molecule has 0 unspecified atom stereocenters. The van der Waals surface area contributed by atoms with Crippen molar-refractivity contribution in [3.8, 4) is 5.75 Å². The van der Waals surface area contributed by atoms with Crippen LogP contribution in [0.1, 0.15) is 5.56 Å². The molecule has 0 atom stereocenters. The minimum absolute atomic E-state index is 0.00185. The van der Waals surface area contributed by atoms with Gasteiger partial charge in [-0.05, 0) is 13.0 Å². The lowest BCUT2D eigenvalue weighted by Gasteiger charge is -2.23. The number of non-ortho nitro benzene ring substituents is 1. The van der Waals surface area contributed by atoms with Gasteiger partial charge in [0.2, 0.25) is 0 Å². The Hall–Kier alpha value is -2.61. The summed E-state index contributed by atoms with van der Waals surface area (Å²) in [7, 11) is -2.85. The van der Waals surface area contributed by atoms with E-state index in [0.29, 0.717) is 0 Å². The van der Waals surface area contributed by atoms with E-state index in [1.165, 1.54) is 25.3 Å². The zero-order valence-electron chi connectivity index (χ0n) is 11.9. The van der Waals surface area contributed by atoms with E-state index in [1.54, 1.807) is 25.1 Å². The van der Waals surface area contributed by atoms with Gasteiger partial charge in [0.1, 0.15) is 20.7 Å². The van der Waals surface area contributed by atoms with Crippen molar-refractivity contribution in [2.75, 3.05) is 7.11 Å². The van der Waals surface area contributed by atoms with E-state index in [9.17, 15) is 18.5 Å². The minimum atomic E-state index is -4.13. The van der Waals surface area contributed by atoms with Gasteiger partial charge in [0.15, 0.2) is 0 Å². The van der Waals surface area contributed by atoms with Crippen LogP contribution in [0.5, 0.6) is 5.75 Å². The molecule has 0 heterocycles. The minimum Gasteiger partial charge on any atom is -0.573 e. The second-order valence-electron chi connectivity index (χ2n) is 4.50. The van der Waals surface area contributed by atoms with Gasteiger partial charge in [-0.15, -0.1) is 5.69 Å². The fourth-order valence-corrected chi connectivity index (χ4v) is 3.02. The summed E-state index contributed by atoms with van der Waals surface area (Å²) in [4.78, 5) is 9.80. The highest BCUT2D eigenvalue weighted by Gasteiger charge is 2.17. The molecule has 0 aromatic heterocycles. The normalized spacial score (nSPS) is 11.0. The molecular formula is C14H13N2O5S-. The summed E-state index contributed by atoms with van der Waals surface area (Å²) in [6.07, 6.45) is 0.